The van der Waals surface area contributed by atoms with Crippen molar-refractivity contribution in [3.05, 3.63) is 48.0 Å². The van der Waals surface area contributed by atoms with Gasteiger partial charge in [0.05, 0.1) is 34.6 Å². The number of hydrogen-bond acceptors (Lipinski definition) is 3. The van der Waals surface area contributed by atoms with Crippen LogP contribution in [0.4, 0.5) is 0 Å². The maximum absolute atomic E-state index is 8.68. The van der Waals surface area contributed by atoms with Gasteiger partial charge in [-0.25, -0.2) is 9.97 Å². The van der Waals surface area contributed by atoms with Crippen LogP contribution in [0.5, 0.6) is 0 Å². The van der Waals surface area contributed by atoms with Gasteiger partial charge in [-0.3, -0.25) is 0 Å². The molecule has 0 bridgehead atoms. The van der Waals surface area contributed by atoms with Crippen molar-refractivity contribution in [1.29, 1.82) is 5.26 Å². The van der Waals surface area contributed by atoms with E-state index in [-0.39, 0.29) is 0 Å². The Hall–Kier alpha value is -2.47. The average molecular weight is 219 g/mol. The van der Waals surface area contributed by atoms with Crippen LogP contribution in [0.25, 0.3) is 22.1 Å². The Kier molecular flexibility index (Phi) is 2.20. The monoisotopic (exact) mass is 219 g/mol. The zero-order valence-electron chi connectivity index (χ0n) is 9.09. The molecule has 0 N–H and O–H groups in total. The summed E-state index contributed by atoms with van der Waals surface area (Å²) in [4.78, 5) is 9.08. The summed E-state index contributed by atoms with van der Waals surface area (Å²) < 4.78 is 0. The van der Waals surface area contributed by atoms with E-state index in [4.69, 9.17) is 5.26 Å². The topological polar surface area (TPSA) is 49.6 Å². The fraction of sp³-hybridized carbons (Fsp3) is 0.0714. The Morgan fingerprint density at radius 1 is 0.882 bits per heavy atom. The molecule has 0 fully saturated rings. The molecule has 0 saturated heterocycles. The Balaban J connectivity index is 2.29. The number of nitriles is 1. The lowest BCUT2D eigenvalue weighted by molar-refractivity contribution is 1.26. The fourth-order valence-electron chi connectivity index (χ4n) is 1.87. The fourth-order valence-corrected chi connectivity index (χ4v) is 1.87. The third kappa shape index (κ3) is 1.70. The van der Waals surface area contributed by atoms with Crippen LogP contribution in [0.3, 0.4) is 0 Å². The molecule has 1 aromatic heterocycles. The summed E-state index contributed by atoms with van der Waals surface area (Å²) in [6.45, 7) is 0. The van der Waals surface area contributed by atoms with Gasteiger partial charge in [0.25, 0.3) is 0 Å². The van der Waals surface area contributed by atoms with E-state index in [1.165, 1.54) is 0 Å². The van der Waals surface area contributed by atoms with Gasteiger partial charge in [-0.15, -0.1) is 0 Å². The minimum Gasteiger partial charge on any atom is -0.245 e. The molecule has 80 valence electrons. The van der Waals surface area contributed by atoms with Crippen LogP contribution in [0.15, 0.2) is 42.5 Å². The number of hydrogen-bond donors (Lipinski definition) is 0. The van der Waals surface area contributed by atoms with E-state index >= 15 is 0 Å². The summed E-state index contributed by atoms with van der Waals surface area (Å²) in [6.07, 6.45) is 0.407. The van der Waals surface area contributed by atoms with Gasteiger partial charge >= 0.3 is 0 Å². The average Bonchev–Trinajstić information content (AvgIpc) is 2.36. The van der Waals surface area contributed by atoms with Crippen LogP contribution < -0.4 is 0 Å². The highest BCUT2D eigenvalue weighted by Crippen LogP contribution is 2.17. The van der Waals surface area contributed by atoms with Crippen molar-refractivity contribution in [2.75, 3.05) is 0 Å². The van der Waals surface area contributed by atoms with Gasteiger partial charge < -0.3 is 0 Å². The molecule has 3 aromatic rings. The number of aromatic nitrogens is 2. The van der Waals surface area contributed by atoms with Gasteiger partial charge in [0, 0.05) is 0 Å². The first-order chi connectivity index (χ1) is 8.36. The van der Waals surface area contributed by atoms with Gasteiger partial charge in [0.15, 0.2) is 0 Å². The van der Waals surface area contributed by atoms with E-state index in [0.717, 1.165) is 27.6 Å². The number of rotatable bonds is 1. The van der Waals surface area contributed by atoms with Crippen LogP contribution in [-0.2, 0) is 6.42 Å². The summed E-state index contributed by atoms with van der Waals surface area (Å²) in [7, 11) is 0. The van der Waals surface area contributed by atoms with Gasteiger partial charge in [-0.2, -0.15) is 5.26 Å². The largest absolute Gasteiger partial charge is 0.245 e. The molecule has 0 amide bonds. The molecule has 2 aromatic carbocycles. The Labute approximate surface area is 98.4 Å². The first-order valence-corrected chi connectivity index (χ1v) is 5.39. The molecule has 0 aliphatic carbocycles. The lowest BCUT2D eigenvalue weighted by Gasteiger charge is -2.01. The zero-order chi connectivity index (χ0) is 11.7. The first-order valence-electron chi connectivity index (χ1n) is 5.39. The van der Waals surface area contributed by atoms with Crippen LogP contribution in [0, 0.1) is 11.3 Å². The van der Waals surface area contributed by atoms with Gasteiger partial charge in [-0.1, -0.05) is 18.2 Å². The molecule has 3 nitrogen and oxygen atoms in total. The molecule has 0 radical (unpaired) electrons. The SMILES string of the molecule is N#CCc1ccc2nc3ccccc3nc2c1. The summed E-state index contributed by atoms with van der Waals surface area (Å²) in [6, 6.07) is 15.7. The highest BCUT2D eigenvalue weighted by Gasteiger charge is 2.01. The predicted molar refractivity (Wildman–Crippen MR) is 66.4 cm³/mol. The zero-order valence-corrected chi connectivity index (χ0v) is 9.09. The van der Waals surface area contributed by atoms with Crippen LogP contribution in [0.2, 0.25) is 0 Å². The molecular weight excluding hydrogens is 210 g/mol. The molecule has 3 heteroatoms. The highest BCUT2D eigenvalue weighted by molar-refractivity contribution is 5.86. The van der Waals surface area contributed by atoms with E-state index in [1.54, 1.807) is 0 Å². The van der Waals surface area contributed by atoms with Crippen molar-refractivity contribution < 1.29 is 0 Å². The Bertz CT molecular complexity index is 741. The maximum atomic E-state index is 8.68. The second-order valence-corrected chi connectivity index (χ2v) is 3.87. The first kappa shape index (κ1) is 9.73. The number of nitrogens with zero attached hydrogens (tertiary/aromatic N) is 3. The highest BCUT2D eigenvalue weighted by atomic mass is 14.8. The quantitative estimate of drug-likeness (QED) is 0.591. The summed E-state index contributed by atoms with van der Waals surface area (Å²) in [5, 5.41) is 8.68. The van der Waals surface area contributed by atoms with E-state index < -0.39 is 0 Å². The third-order valence-corrected chi connectivity index (χ3v) is 2.69. The standard InChI is InChI=1S/C14H9N3/c15-8-7-10-5-6-13-14(9-10)17-12-4-2-1-3-11(12)16-13/h1-6,9H,7H2. The summed E-state index contributed by atoms with van der Waals surface area (Å²) >= 11 is 0. The maximum Gasteiger partial charge on any atom is 0.0897 e. The molecule has 0 spiro atoms. The number of fused-ring (bicyclic) bond motifs is 2. The van der Waals surface area contributed by atoms with Gasteiger partial charge in [-0.05, 0) is 29.8 Å². The minimum atomic E-state index is 0.407. The molecule has 1 heterocycles. The number of para-hydroxylation sites is 2. The van der Waals surface area contributed by atoms with E-state index in [2.05, 4.69) is 16.0 Å². The number of benzene rings is 2. The molecule has 0 saturated carbocycles. The molecule has 17 heavy (non-hydrogen) atoms. The molecule has 0 unspecified atom stereocenters. The van der Waals surface area contributed by atoms with Crippen LogP contribution >= 0.6 is 0 Å². The second-order valence-electron chi connectivity index (χ2n) is 3.87. The normalized spacial score (nSPS) is 10.5. The summed E-state index contributed by atoms with van der Waals surface area (Å²) in [5.74, 6) is 0. The van der Waals surface area contributed by atoms with Crippen molar-refractivity contribution in [1.82, 2.24) is 9.97 Å². The van der Waals surface area contributed by atoms with E-state index in [0.29, 0.717) is 6.42 Å². The van der Waals surface area contributed by atoms with E-state index in [9.17, 15) is 0 Å². The van der Waals surface area contributed by atoms with Gasteiger partial charge in [0.2, 0.25) is 0 Å². The van der Waals surface area contributed by atoms with Gasteiger partial charge in [0.1, 0.15) is 0 Å². The molecule has 0 aliphatic heterocycles. The summed E-state index contributed by atoms with van der Waals surface area (Å²) in [5.41, 5.74) is 4.47. The van der Waals surface area contributed by atoms with Crippen molar-refractivity contribution >= 4 is 22.1 Å². The molecular formula is C14H9N3. The van der Waals surface area contributed by atoms with Crippen LogP contribution in [-0.4, -0.2) is 9.97 Å². The van der Waals surface area contributed by atoms with E-state index in [1.807, 2.05) is 42.5 Å². The van der Waals surface area contributed by atoms with Crippen molar-refractivity contribution in [3.8, 4) is 6.07 Å². The molecule has 0 aliphatic rings. The minimum absolute atomic E-state index is 0.407. The lowest BCUT2D eigenvalue weighted by atomic mass is 10.1. The lowest BCUT2D eigenvalue weighted by Crippen LogP contribution is -1.89. The Morgan fingerprint density at radius 2 is 1.53 bits per heavy atom. The third-order valence-electron chi connectivity index (χ3n) is 2.69. The Morgan fingerprint density at radius 3 is 2.24 bits per heavy atom. The predicted octanol–water partition coefficient (Wildman–Crippen LogP) is 2.85. The second kappa shape index (κ2) is 3.84. The van der Waals surface area contributed by atoms with Crippen LogP contribution in [0.1, 0.15) is 5.56 Å². The molecule has 0 atom stereocenters. The molecule has 3 rings (SSSR count). The van der Waals surface area contributed by atoms with Crippen molar-refractivity contribution in [3.63, 3.8) is 0 Å². The smallest absolute Gasteiger partial charge is 0.0897 e. The van der Waals surface area contributed by atoms with Crippen molar-refractivity contribution in [2.45, 2.75) is 6.42 Å². The van der Waals surface area contributed by atoms with Crippen molar-refractivity contribution in [2.24, 2.45) is 0 Å².